The van der Waals surface area contributed by atoms with E-state index in [1.807, 2.05) is 31.2 Å². The van der Waals surface area contributed by atoms with E-state index in [1.54, 1.807) is 0 Å². The minimum absolute atomic E-state index is 0.0485. The average molecular weight is 261 g/mol. The maximum Gasteiger partial charge on any atom is 0.223 e. The quantitative estimate of drug-likeness (QED) is 0.875. The van der Waals surface area contributed by atoms with Crippen LogP contribution in [0, 0.1) is 6.92 Å². The minimum atomic E-state index is -0.770. The molecule has 1 aliphatic carbocycles. The van der Waals surface area contributed by atoms with Crippen LogP contribution in [0.3, 0.4) is 0 Å². The van der Waals surface area contributed by atoms with Crippen LogP contribution in [0.1, 0.15) is 49.7 Å². The molecule has 1 amide bonds. The smallest absolute Gasteiger partial charge is 0.223 e. The number of carbonyl (C=O) groups excluding carboxylic acids is 1. The molecule has 0 aromatic heterocycles. The maximum atomic E-state index is 11.9. The molecule has 1 fully saturated rings. The number of amides is 1. The van der Waals surface area contributed by atoms with Gasteiger partial charge in [0, 0.05) is 6.54 Å². The van der Waals surface area contributed by atoms with Crippen molar-refractivity contribution in [1.82, 2.24) is 5.32 Å². The fourth-order valence-corrected chi connectivity index (χ4v) is 2.75. The van der Waals surface area contributed by atoms with E-state index in [0.717, 1.165) is 31.2 Å². The first kappa shape index (κ1) is 14.1. The van der Waals surface area contributed by atoms with Crippen molar-refractivity contribution in [2.75, 3.05) is 0 Å². The molecule has 0 atom stereocenters. The second-order valence-electron chi connectivity index (χ2n) is 5.66. The third kappa shape index (κ3) is 4.06. The molecule has 3 heteroatoms. The molecule has 1 saturated carbocycles. The largest absolute Gasteiger partial charge is 0.389 e. The summed E-state index contributed by atoms with van der Waals surface area (Å²) >= 11 is 0. The fourth-order valence-electron chi connectivity index (χ4n) is 2.75. The molecule has 1 aromatic carbocycles. The molecule has 2 rings (SSSR count). The molecular formula is C16H23NO2. The molecule has 0 aliphatic heterocycles. The Morgan fingerprint density at radius 1 is 1.26 bits per heavy atom. The molecule has 2 N–H and O–H groups in total. The Kier molecular flexibility index (Phi) is 4.59. The molecule has 0 radical (unpaired) electrons. The third-order valence-corrected chi connectivity index (χ3v) is 4.01. The molecule has 0 heterocycles. The molecule has 19 heavy (non-hydrogen) atoms. The number of aryl methyl sites for hydroxylation is 1. The fraction of sp³-hybridized carbons (Fsp3) is 0.562. The van der Waals surface area contributed by atoms with Crippen LogP contribution in [0.25, 0.3) is 0 Å². The van der Waals surface area contributed by atoms with Crippen molar-refractivity contribution in [2.24, 2.45) is 0 Å². The van der Waals surface area contributed by atoms with Crippen LogP contribution in [0.2, 0.25) is 0 Å². The van der Waals surface area contributed by atoms with Crippen LogP contribution < -0.4 is 5.32 Å². The lowest BCUT2D eigenvalue weighted by Gasteiger charge is -2.31. The lowest BCUT2D eigenvalue weighted by Crippen LogP contribution is -2.38. The zero-order valence-electron chi connectivity index (χ0n) is 11.6. The second-order valence-corrected chi connectivity index (χ2v) is 5.66. The second kappa shape index (κ2) is 6.20. The third-order valence-electron chi connectivity index (χ3n) is 4.01. The normalized spacial score (nSPS) is 18.0. The number of carbonyl (C=O) groups is 1. The lowest BCUT2D eigenvalue weighted by molar-refractivity contribution is -0.127. The standard InChI is InChI=1S/C16H23NO2/c1-13-7-3-4-8-14(13)12-17-15(18)11-16(19)9-5-2-6-10-16/h3-4,7-8,19H,2,5-6,9-12H2,1H3,(H,17,18). The number of benzene rings is 1. The topological polar surface area (TPSA) is 49.3 Å². The summed E-state index contributed by atoms with van der Waals surface area (Å²) < 4.78 is 0. The van der Waals surface area contributed by atoms with Gasteiger partial charge < -0.3 is 10.4 Å². The summed E-state index contributed by atoms with van der Waals surface area (Å²) in [5, 5.41) is 13.2. The van der Waals surface area contributed by atoms with E-state index in [4.69, 9.17) is 0 Å². The van der Waals surface area contributed by atoms with Crippen molar-refractivity contribution < 1.29 is 9.90 Å². The van der Waals surface area contributed by atoms with Gasteiger partial charge in [0.25, 0.3) is 0 Å². The molecule has 104 valence electrons. The summed E-state index contributed by atoms with van der Waals surface area (Å²) in [6.07, 6.45) is 4.98. The van der Waals surface area contributed by atoms with Crippen LogP contribution >= 0.6 is 0 Å². The Bertz CT molecular complexity index is 436. The lowest BCUT2D eigenvalue weighted by atomic mass is 9.82. The van der Waals surface area contributed by atoms with Gasteiger partial charge in [0.1, 0.15) is 0 Å². The molecule has 0 spiro atoms. The summed E-state index contributed by atoms with van der Waals surface area (Å²) in [6.45, 7) is 2.58. The maximum absolute atomic E-state index is 11.9. The SMILES string of the molecule is Cc1ccccc1CNC(=O)CC1(O)CCCCC1. The van der Waals surface area contributed by atoms with E-state index in [0.29, 0.717) is 6.54 Å². The van der Waals surface area contributed by atoms with Crippen molar-refractivity contribution in [3.05, 3.63) is 35.4 Å². The van der Waals surface area contributed by atoms with E-state index in [-0.39, 0.29) is 12.3 Å². The number of hydrogen-bond donors (Lipinski definition) is 2. The van der Waals surface area contributed by atoms with Gasteiger partial charge in [-0.2, -0.15) is 0 Å². The molecule has 0 saturated heterocycles. The van der Waals surface area contributed by atoms with E-state index in [2.05, 4.69) is 5.32 Å². The molecule has 0 bridgehead atoms. The Morgan fingerprint density at radius 2 is 1.95 bits per heavy atom. The van der Waals surface area contributed by atoms with Crippen molar-refractivity contribution >= 4 is 5.91 Å². The summed E-state index contributed by atoms with van der Waals surface area (Å²) in [5.41, 5.74) is 1.54. The Hall–Kier alpha value is -1.35. The van der Waals surface area contributed by atoms with E-state index < -0.39 is 5.60 Å². The van der Waals surface area contributed by atoms with Crippen LogP contribution in [0.15, 0.2) is 24.3 Å². The first-order valence-corrected chi connectivity index (χ1v) is 7.13. The van der Waals surface area contributed by atoms with Gasteiger partial charge in [-0.25, -0.2) is 0 Å². The summed E-state index contributed by atoms with van der Waals surface area (Å²) in [6, 6.07) is 8.02. The monoisotopic (exact) mass is 261 g/mol. The summed E-state index contributed by atoms with van der Waals surface area (Å²) in [4.78, 5) is 11.9. The molecule has 0 unspecified atom stereocenters. The highest BCUT2D eigenvalue weighted by molar-refractivity contribution is 5.77. The van der Waals surface area contributed by atoms with Crippen LogP contribution in [0.4, 0.5) is 0 Å². The van der Waals surface area contributed by atoms with E-state index in [1.165, 1.54) is 12.0 Å². The van der Waals surface area contributed by atoms with Gasteiger partial charge in [0.15, 0.2) is 0 Å². The van der Waals surface area contributed by atoms with Gasteiger partial charge in [-0.15, -0.1) is 0 Å². The molecular weight excluding hydrogens is 238 g/mol. The number of rotatable bonds is 4. The van der Waals surface area contributed by atoms with Crippen molar-refractivity contribution in [2.45, 2.75) is 57.6 Å². The average Bonchev–Trinajstić information content (AvgIpc) is 2.38. The Labute approximate surface area is 115 Å². The van der Waals surface area contributed by atoms with Gasteiger partial charge in [-0.1, -0.05) is 43.5 Å². The van der Waals surface area contributed by atoms with Crippen molar-refractivity contribution in [3.63, 3.8) is 0 Å². The van der Waals surface area contributed by atoms with E-state index in [9.17, 15) is 9.90 Å². The van der Waals surface area contributed by atoms with Gasteiger partial charge in [0.2, 0.25) is 5.91 Å². The Morgan fingerprint density at radius 3 is 2.63 bits per heavy atom. The highest BCUT2D eigenvalue weighted by Gasteiger charge is 2.31. The van der Waals surface area contributed by atoms with E-state index >= 15 is 0 Å². The summed E-state index contributed by atoms with van der Waals surface area (Å²) in [5.74, 6) is -0.0485. The zero-order chi connectivity index (χ0) is 13.7. The highest BCUT2D eigenvalue weighted by Crippen LogP contribution is 2.30. The first-order valence-electron chi connectivity index (χ1n) is 7.13. The molecule has 1 aliphatic rings. The zero-order valence-corrected chi connectivity index (χ0v) is 11.6. The van der Waals surface area contributed by atoms with Gasteiger partial charge in [-0.3, -0.25) is 4.79 Å². The molecule has 3 nitrogen and oxygen atoms in total. The number of nitrogens with one attached hydrogen (secondary N) is 1. The van der Waals surface area contributed by atoms with Crippen molar-refractivity contribution in [3.8, 4) is 0 Å². The van der Waals surface area contributed by atoms with Gasteiger partial charge >= 0.3 is 0 Å². The number of aliphatic hydroxyl groups is 1. The Balaban J connectivity index is 1.83. The molecule has 1 aromatic rings. The van der Waals surface area contributed by atoms with Crippen LogP contribution in [-0.4, -0.2) is 16.6 Å². The first-order chi connectivity index (χ1) is 9.09. The minimum Gasteiger partial charge on any atom is -0.389 e. The van der Waals surface area contributed by atoms with Crippen LogP contribution in [-0.2, 0) is 11.3 Å². The van der Waals surface area contributed by atoms with Gasteiger partial charge in [-0.05, 0) is 30.9 Å². The summed E-state index contributed by atoms with van der Waals surface area (Å²) in [7, 11) is 0. The highest BCUT2D eigenvalue weighted by atomic mass is 16.3. The van der Waals surface area contributed by atoms with Crippen molar-refractivity contribution in [1.29, 1.82) is 0 Å². The van der Waals surface area contributed by atoms with Crippen LogP contribution in [0.5, 0.6) is 0 Å². The predicted octanol–water partition coefficient (Wildman–Crippen LogP) is 2.70. The van der Waals surface area contributed by atoms with Gasteiger partial charge in [0.05, 0.1) is 12.0 Å². The number of hydrogen-bond acceptors (Lipinski definition) is 2. The predicted molar refractivity (Wildman–Crippen MR) is 75.7 cm³/mol.